The molecule has 0 aliphatic carbocycles. The number of hydrogen-bond acceptors (Lipinski definition) is 5. The molecule has 1 unspecified atom stereocenters. The lowest BCUT2D eigenvalue weighted by Crippen LogP contribution is -2.42. The molecular formula is C23H33FN2O3. The monoisotopic (exact) mass is 404 g/mol. The normalized spacial score (nSPS) is 26.0. The standard InChI is InChI=1S/C23H33FN2O3/c1-17-5-9-25(10-6-17)16-20-14-23(22(27)29-20)7-11-26(12-8-23)15-18-3-4-19(28-2)13-21(18)24/h3-4,13,17,20H,5-12,14-16H2,1-2H3. The maximum Gasteiger partial charge on any atom is 0.312 e. The highest BCUT2D eigenvalue weighted by Gasteiger charge is 2.50. The number of piperidine rings is 2. The van der Waals surface area contributed by atoms with Crippen LogP contribution in [0, 0.1) is 17.2 Å². The number of ether oxygens (including phenoxy) is 2. The molecule has 0 amide bonds. The Kier molecular flexibility index (Phi) is 6.11. The van der Waals surface area contributed by atoms with Gasteiger partial charge < -0.3 is 9.47 Å². The third-order valence-corrected chi connectivity index (χ3v) is 7.13. The molecule has 1 atom stereocenters. The molecule has 1 aromatic rings. The highest BCUT2D eigenvalue weighted by atomic mass is 19.1. The summed E-state index contributed by atoms with van der Waals surface area (Å²) in [4.78, 5) is 17.4. The Morgan fingerprint density at radius 3 is 2.55 bits per heavy atom. The molecule has 0 saturated carbocycles. The van der Waals surface area contributed by atoms with E-state index in [9.17, 15) is 9.18 Å². The Balaban J connectivity index is 1.29. The first-order valence-electron chi connectivity index (χ1n) is 11.0. The Morgan fingerprint density at radius 1 is 1.17 bits per heavy atom. The minimum absolute atomic E-state index is 0.0110. The Bertz CT molecular complexity index is 725. The van der Waals surface area contributed by atoms with Gasteiger partial charge in [0, 0.05) is 31.1 Å². The van der Waals surface area contributed by atoms with E-state index in [0.29, 0.717) is 17.9 Å². The molecular weight excluding hydrogens is 371 g/mol. The van der Waals surface area contributed by atoms with E-state index in [1.165, 1.54) is 26.0 Å². The van der Waals surface area contributed by atoms with Crippen LogP contribution < -0.4 is 4.74 Å². The fourth-order valence-electron chi connectivity index (χ4n) is 5.04. The minimum atomic E-state index is -0.331. The van der Waals surface area contributed by atoms with Crippen LogP contribution in [0.15, 0.2) is 18.2 Å². The summed E-state index contributed by atoms with van der Waals surface area (Å²) < 4.78 is 25.1. The van der Waals surface area contributed by atoms with Gasteiger partial charge in [0.05, 0.1) is 12.5 Å². The topological polar surface area (TPSA) is 42.0 Å². The number of carbonyl (C=O) groups is 1. The van der Waals surface area contributed by atoms with Crippen molar-refractivity contribution in [1.29, 1.82) is 0 Å². The van der Waals surface area contributed by atoms with Gasteiger partial charge in [0.1, 0.15) is 17.7 Å². The quantitative estimate of drug-likeness (QED) is 0.703. The number of benzene rings is 1. The number of likely N-dealkylation sites (tertiary alicyclic amines) is 2. The van der Waals surface area contributed by atoms with Gasteiger partial charge in [0.2, 0.25) is 0 Å². The van der Waals surface area contributed by atoms with Crippen molar-refractivity contribution < 1.29 is 18.7 Å². The van der Waals surface area contributed by atoms with Crippen LogP contribution in [0.25, 0.3) is 0 Å². The van der Waals surface area contributed by atoms with Gasteiger partial charge in [-0.15, -0.1) is 0 Å². The number of esters is 1. The first kappa shape index (κ1) is 20.6. The van der Waals surface area contributed by atoms with E-state index < -0.39 is 0 Å². The molecule has 6 heteroatoms. The number of halogens is 1. The summed E-state index contributed by atoms with van der Waals surface area (Å²) in [6, 6.07) is 5.02. The minimum Gasteiger partial charge on any atom is -0.497 e. The van der Waals surface area contributed by atoms with Gasteiger partial charge in [-0.25, -0.2) is 4.39 Å². The van der Waals surface area contributed by atoms with E-state index in [-0.39, 0.29) is 23.3 Å². The second-order valence-corrected chi connectivity index (χ2v) is 9.23. The molecule has 1 spiro atoms. The van der Waals surface area contributed by atoms with Gasteiger partial charge in [0.15, 0.2) is 0 Å². The molecule has 3 aliphatic heterocycles. The third kappa shape index (κ3) is 4.58. The molecule has 0 aromatic heterocycles. The average molecular weight is 405 g/mol. The highest BCUT2D eigenvalue weighted by Crippen LogP contribution is 2.43. The molecule has 0 N–H and O–H groups in total. The molecule has 3 fully saturated rings. The predicted octanol–water partition coefficient (Wildman–Crippen LogP) is 3.46. The Labute approximate surface area is 173 Å². The van der Waals surface area contributed by atoms with E-state index in [4.69, 9.17) is 9.47 Å². The fraction of sp³-hybridized carbons (Fsp3) is 0.696. The number of carbonyl (C=O) groups excluding carboxylic acids is 1. The molecule has 3 heterocycles. The van der Waals surface area contributed by atoms with Crippen molar-refractivity contribution in [3.8, 4) is 5.75 Å². The van der Waals surface area contributed by atoms with Crippen molar-refractivity contribution in [2.24, 2.45) is 11.3 Å². The van der Waals surface area contributed by atoms with Gasteiger partial charge >= 0.3 is 5.97 Å². The lowest BCUT2D eigenvalue weighted by atomic mass is 9.76. The van der Waals surface area contributed by atoms with Crippen LogP contribution in [-0.4, -0.2) is 61.7 Å². The summed E-state index contributed by atoms with van der Waals surface area (Å²) in [5.74, 6) is 1.10. The first-order valence-corrected chi connectivity index (χ1v) is 11.0. The van der Waals surface area contributed by atoms with Gasteiger partial charge in [-0.3, -0.25) is 14.6 Å². The summed E-state index contributed by atoms with van der Waals surface area (Å²) in [6.45, 7) is 7.58. The molecule has 0 bridgehead atoms. The molecule has 3 saturated heterocycles. The Hall–Kier alpha value is -1.66. The molecule has 0 radical (unpaired) electrons. The van der Waals surface area contributed by atoms with E-state index in [2.05, 4.69) is 16.7 Å². The fourth-order valence-corrected chi connectivity index (χ4v) is 5.04. The van der Waals surface area contributed by atoms with Crippen LogP contribution >= 0.6 is 0 Å². The van der Waals surface area contributed by atoms with Crippen molar-refractivity contribution in [1.82, 2.24) is 9.80 Å². The second kappa shape index (κ2) is 8.60. The smallest absolute Gasteiger partial charge is 0.312 e. The molecule has 29 heavy (non-hydrogen) atoms. The molecule has 1 aromatic carbocycles. The average Bonchev–Trinajstić information content (AvgIpc) is 3.01. The SMILES string of the molecule is COc1ccc(CN2CCC3(CC2)CC(CN2CCC(C)CC2)OC3=O)c(F)c1. The third-order valence-electron chi connectivity index (χ3n) is 7.13. The highest BCUT2D eigenvalue weighted by molar-refractivity contribution is 5.79. The second-order valence-electron chi connectivity index (χ2n) is 9.23. The lowest BCUT2D eigenvalue weighted by Gasteiger charge is -2.36. The molecule has 160 valence electrons. The number of nitrogens with zero attached hydrogens (tertiary/aromatic N) is 2. The Morgan fingerprint density at radius 2 is 1.90 bits per heavy atom. The van der Waals surface area contributed by atoms with Crippen LogP contribution in [0.3, 0.4) is 0 Å². The molecule has 4 rings (SSSR count). The summed E-state index contributed by atoms with van der Waals surface area (Å²) in [5, 5.41) is 0. The van der Waals surface area contributed by atoms with Crippen LogP contribution in [0.4, 0.5) is 4.39 Å². The summed E-state index contributed by atoms with van der Waals surface area (Å²) in [7, 11) is 1.54. The van der Waals surface area contributed by atoms with E-state index in [1.54, 1.807) is 12.1 Å². The van der Waals surface area contributed by atoms with Crippen molar-refractivity contribution in [2.45, 2.75) is 51.7 Å². The number of hydrogen-bond donors (Lipinski definition) is 0. The van der Waals surface area contributed by atoms with Crippen LogP contribution in [0.2, 0.25) is 0 Å². The first-order chi connectivity index (χ1) is 14.0. The maximum absolute atomic E-state index is 14.3. The number of cyclic esters (lactones) is 1. The van der Waals surface area contributed by atoms with E-state index in [0.717, 1.165) is 57.9 Å². The number of methoxy groups -OCH3 is 1. The van der Waals surface area contributed by atoms with Crippen molar-refractivity contribution >= 4 is 5.97 Å². The summed E-state index contributed by atoms with van der Waals surface area (Å²) >= 11 is 0. The van der Waals surface area contributed by atoms with E-state index >= 15 is 0 Å². The molecule has 3 aliphatic rings. The van der Waals surface area contributed by atoms with Gasteiger partial charge in [-0.2, -0.15) is 0 Å². The van der Waals surface area contributed by atoms with Crippen LogP contribution in [0.5, 0.6) is 5.75 Å². The zero-order valence-corrected chi connectivity index (χ0v) is 17.7. The van der Waals surface area contributed by atoms with Crippen molar-refractivity contribution in [3.63, 3.8) is 0 Å². The van der Waals surface area contributed by atoms with Gasteiger partial charge in [-0.1, -0.05) is 13.0 Å². The van der Waals surface area contributed by atoms with Gasteiger partial charge in [-0.05, 0) is 63.8 Å². The zero-order valence-electron chi connectivity index (χ0n) is 17.7. The summed E-state index contributed by atoms with van der Waals surface area (Å²) in [6.07, 6.45) is 4.95. The van der Waals surface area contributed by atoms with Gasteiger partial charge in [0.25, 0.3) is 0 Å². The molecule has 5 nitrogen and oxygen atoms in total. The predicted molar refractivity (Wildman–Crippen MR) is 109 cm³/mol. The summed E-state index contributed by atoms with van der Waals surface area (Å²) in [5.41, 5.74) is 0.343. The van der Waals surface area contributed by atoms with Crippen LogP contribution in [-0.2, 0) is 16.1 Å². The number of rotatable bonds is 5. The van der Waals surface area contributed by atoms with E-state index in [1.807, 2.05) is 0 Å². The lowest BCUT2D eigenvalue weighted by molar-refractivity contribution is -0.151. The maximum atomic E-state index is 14.3. The largest absolute Gasteiger partial charge is 0.497 e. The van der Waals surface area contributed by atoms with Crippen molar-refractivity contribution in [3.05, 3.63) is 29.6 Å². The zero-order chi connectivity index (χ0) is 20.4. The van der Waals surface area contributed by atoms with Crippen molar-refractivity contribution in [2.75, 3.05) is 39.8 Å². The van der Waals surface area contributed by atoms with Crippen LogP contribution in [0.1, 0.15) is 44.6 Å².